The number of aliphatic imine (C=N–C) groups is 1. The van der Waals surface area contributed by atoms with Crippen LogP contribution in [-0.2, 0) is 94.6 Å². The molecule has 10 aromatic rings. The third kappa shape index (κ3) is 26.7. The van der Waals surface area contributed by atoms with Crippen molar-refractivity contribution >= 4 is 122 Å². The zero-order valence-corrected chi connectivity index (χ0v) is 72.8. The van der Waals surface area contributed by atoms with Gasteiger partial charge in [0.05, 0.1) is 122 Å². The number of carbonyl (C=O) groups is 10. The van der Waals surface area contributed by atoms with Crippen molar-refractivity contribution in [3.63, 3.8) is 0 Å². The number of fused-ring (bicyclic) bond motifs is 3. The van der Waals surface area contributed by atoms with Gasteiger partial charge in [-0.15, -0.1) is 21.5 Å². The highest BCUT2D eigenvalue weighted by atomic mass is 35.5. The number of ether oxygens (including phenoxy) is 8. The normalized spacial score (nSPS) is 12.2. The van der Waals surface area contributed by atoms with Crippen molar-refractivity contribution in [2.24, 2.45) is 47.3 Å². The highest BCUT2D eigenvalue weighted by Gasteiger charge is 2.33. The minimum absolute atomic E-state index is 0.00377. The van der Waals surface area contributed by atoms with Crippen LogP contribution in [0.1, 0.15) is 128 Å². The number of carbonyl (C=O) groups excluding carboxylic acids is 10. The first kappa shape index (κ1) is 93.6. The van der Waals surface area contributed by atoms with Crippen molar-refractivity contribution < 1.29 is 85.8 Å². The molecule has 670 valence electrons. The van der Waals surface area contributed by atoms with Crippen molar-refractivity contribution in [2.75, 3.05) is 157 Å². The van der Waals surface area contributed by atoms with Crippen molar-refractivity contribution in [2.45, 2.75) is 52.5 Å². The number of nitrogens with one attached hydrogen (secondary N) is 10. The Hall–Kier alpha value is -13.1. The molecule has 126 heavy (non-hydrogen) atoms. The smallest absolute Gasteiger partial charge is 0.291 e. The van der Waals surface area contributed by atoms with Crippen LogP contribution in [0, 0.1) is 20.8 Å². The lowest BCUT2D eigenvalue weighted by Crippen LogP contribution is -2.33. The van der Waals surface area contributed by atoms with Crippen LogP contribution in [0.4, 0.5) is 34.4 Å². The number of hydrogen-bond donors (Lipinski definition) is 10. The quantitative estimate of drug-likeness (QED) is 0.0203. The van der Waals surface area contributed by atoms with Gasteiger partial charge >= 0.3 is 0 Å². The minimum Gasteiger partial charge on any atom is -0.491 e. The van der Waals surface area contributed by atoms with E-state index in [4.69, 9.17) is 54.5 Å². The second kappa shape index (κ2) is 46.1. The summed E-state index contributed by atoms with van der Waals surface area (Å²) in [6, 6.07) is 18.5. The van der Waals surface area contributed by atoms with Crippen LogP contribution in [0.2, 0.25) is 5.02 Å². The second-order valence-corrected chi connectivity index (χ2v) is 30.4. The molecule has 0 bridgehead atoms. The molecule has 9 heterocycles. The summed E-state index contributed by atoms with van der Waals surface area (Å²) in [7, 11) is 9.63. The van der Waals surface area contributed by atoms with Crippen molar-refractivity contribution in [3.8, 4) is 10.8 Å². The number of amides is 10. The van der Waals surface area contributed by atoms with Crippen LogP contribution in [0.15, 0.2) is 115 Å². The van der Waals surface area contributed by atoms with E-state index >= 15 is 0 Å². The van der Waals surface area contributed by atoms with Gasteiger partial charge in [0.15, 0.2) is 23.3 Å². The van der Waals surface area contributed by atoms with Gasteiger partial charge in [-0.3, -0.25) is 57.5 Å². The van der Waals surface area contributed by atoms with Crippen molar-refractivity contribution in [3.05, 3.63) is 183 Å². The largest absolute Gasteiger partial charge is 0.491 e. The first-order valence-corrected chi connectivity index (χ1v) is 41.5. The van der Waals surface area contributed by atoms with Gasteiger partial charge in [-0.2, -0.15) is 0 Å². The minimum atomic E-state index is -0.649. The summed E-state index contributed by atoms with van der Waals surface area (Å²) in [6.07, 6.45) is 10.3. The van der Waals surface area contributed by atoms with E-state index in [1.807, 2.05) is 35.8 Å². The summed E-state index contributed by atoms with van der Waals surface area (Å²) in [6.45, 7) is 11.8. The van der Waals surface area contributed by atoms with E-state index in [0.717, 1.165) is 38.1 Å². The van der Waals surface area contributed by atoms with Crippen molar-refractivity contribution in [1.82, 2.24) is 78.4 Å². The fourth-order valence-electron chi connectivity index (χ4n) is 12.9. The number of imidazole rings is 3. The Morgan fingerprint density at radius 1 is 0.429 bits per heavy atom. The van der Waals surface area contributed by atoms with Gasteiger partial charge in [-0.25, -0.2) is 15.0 Å². The molecular weight excluding hydrogens is 1670 g/mol. The van der Waals surface area contributed by atoms with Crippen LogP contribution in [0.3, 0.4) is 0 Å². The monoisotopic (exact) mass is 1780 g/mol. The zero-order chi connectivity index (χ0) is 89.8. The summed E-state index contributed by atoms with van der Waals surface area (Å²) < 4.78 is 55.8. The topological polar surface area (TPSA) is 476 Å². The number of hydrogen-bond acceptors (Lipinski definition) is 25. The van der Waals surface area contributed by atoms with Crippen LogP contribution in [-0.4, -0.2) is 247 Å². The molecule has 0 fully saturated rings. The number of aryl methyl sites for hydroxylation is 8. The number of nitrogens with zero attached hydrogens (tertiary/aromatic N) is 13. The average Bonchev–Trinajstić information content (AvgIpc) is 1.59. The molecule has 0 saturated carbocycles. The zero-order valence-electron chi connectivity index (χ0n) is 71.2. The number of anilines is 6. The second-order valence-electron chi connectivity index (χ2n) is 28.8. The van der Waals surface area contributed by atoms with E-state index in [9.17, 15) is 47.9 Å². The number of rotatable bonds is 49. The lowest BCUT2D eigenvalue weighted by molar-refractivity contribution is -0.121. The molecule has 1 aliphatic heterocycles. The maximum Gasteiger partial charge on any atom is 0.291 e. The Bertz CT molecular complexity index is 5500. The van der Waals surface area contributed by atoms with E-state index < -0.39 is 53.3 Å². The highest BCUT2D eigenvalue weighted by Crippen LogP contribution is 2.40. The number of halogens is 1. The van der Waals surface area contributed by atoms with Crippen LogP contribution in [0.25, 0.3) is 5.00 Å². The standard InChI is InChI=1S/C83H102ClN23O18S/c1-51-52(2)126-83-71(51)72(54-10-12-55(84)13-11-54)94-61(73-100-99-53(3)107(73)83)45-70(111)90-56-14-16-60(17-15-56)125-41-40-124-39-38-123-37-36-122-35-34-121-33-32-120-31-30-119-29-28-118-27-25-85-67(108)18-21-87-77(112)63-43-58(47-103(63)6)92-81(116)75-97-66(49-105(75)8)96-69(110)20-23-89-79(114)64-44-59(48-104(64)7)93-82(117)76-98-65(50-106(76)9)95-68(109)19-22-88-78(113)62-42-57(46-102(62)5)91-80(115)74-86-24-26-101(74)4/h10-17,24,26,42-44,46-50,61H,18-23,25,27-41,45H2,1-9H3,(H,85,108)(H,87,112)(H,88,113)(H,89,114)(H,90,111)(H,91,115)(H,92,116)(H,93,117)(H,95,109)(H,96,110). The highest BCUT2D eigenvalue weighted by molar-refractivity contribution is 7.15. The fraction of sp³-hybridized carbons (Fsp3) is 0.398. The number of aromatic nitrogens is 12. The fourth-order valence-corrected chi connectivity index (χ4v) is 14.2. The van der Waals surface area contributed by atoms with Crippen LogP contribution >= 0.6 is 22.9 Å². The number of thiophene rings is 1. The lowest BCUT2D eigenvalue weighted by Gasteiger charge is -2.13. The molecule has 0 radical (unpaired) electrons. The molecule has 10 amide bonds. The molecule has 0 saturated heterocycles. The summed E-state index contributed by atoms with van der Waals surface area (Å²) in [5.41, 5.74) is 5.90. The summed E-state index contributed by atoms with van der Waals surface area (Å²) >= 11 is 7.92. The van der Waals surface area contributed by atoms with E-state index in [-0.39, 0.29) is 128 Å². The van der Waals surface area contributed by atoms with E-state index in [1.165, 1.54) is 72.0 Å². The van der Waals surface area contributed by atoms with Crippen molar-refractivity contribution in [1.29, 1.82) is 0 Å². The SMILES string of the molecule is Cc1sc2c(c1C)C(c1ccc(Cl)cc1)=NC(CC(=O)Nc1ccc(OCCOCCOCCOCCOCCOCCOCCOCCNC(=O)CCNC(=O)c3cc(NC(=O)c4nc(NC(=O)CCNC(=O)c5cc(NC(=O)c6nc(NC(=O)CCNC(=O)c7cc(NC(=O)c8nccn8C)cn7C)cn6C)cn5C)cn4C)cn3C)cc1)c1nnc(C)n1-2. The van der Waals surface area contributed by atoms with Crippen LogP contribution < -0.4 is 57.9 Å². The molecule has 2 aromatic carbocycles. The van der Waals surface area contributed by atoms with Gasteiger partial charge in [0.2, 0.25) is 35.3 Å². The summed E-state index contributed by atoms with van der Waals surface area (Å²) in [5.74, 6) is -2.63. The van der Waals surface area contributed by atoms with Gasteiger partial charge in [-0.05, 0) is 80.9 Å². The summed E-state index contributed by atoms with van der Waals surface area (Å²) in [5, 5.41) is 37.6. The predicted octanol–water partition coefficient (Wildman–Crippen LogP) is 5.75. The molecule has 11 rings (SSSR count). The van der Waals surface area contributed by atoms with Crippen LogP contribution in [0.5, 0.6) is 5.75 Å². The molecule has 8 aromatic heterocycles. The Morgan fingerprint density at radius 3 is 1.32 bits per heavy atom. The Labute approximate surface area is 733 Å². The third-order valence-corrected chi connectivity index (χ3v) is 20.7. The molecule has 43 heteroatoms. The Balaban J connectivity index is 0.453. The van der Waals surface area contributed by atoms with Gasteiger partial charge in [-0.1, -0.05) is 23.7 Å². The van der Waals surface area contributed by atoms with E-state index in [0.29, 0.717) is 120 Å². The summed E-state index contributed by atoms with van der Waals surface area (Å²) in [4.78, 5) is 149. The average molecular weight is 1780 g/mol. The van der Waals surface area contributed by atoms with E-state index in [2.05, 4.69) is 92.2 Å². The molecule has 10 N–H and O–H groups in total. The number of benzene rings is 2. The van der Waals surface area contributed by atoms with Gasteiger partial charge in [0, 0.05) is 158 Å². The Morgan fingerprint density at radius 2 is 0.865 bits per heavy atom. The maximum absolute atomic E-state index is 13.6. The van der Waals surface area contributed by atoms with Gasteiger partial charge in [0.1, 0.15) is 46.3 Å². The van der Waals surface area contributed by atoms with Gasteiger partial charge < -0.3 is 118 Å². The molecule has 1 unspecified atom stereocenters. The third-order valence-electron chi connectivity index (χ3n) is 19.3. The van der Waals surface area contributed by atoms with E-state index in [1.54, 1.807) is 94.8 Å². The molecule has 1 aliphatic rings. The first-order chi connectivity index (χ1) is 60.7. The molecule has 0 aliphatic carbocycles. The molecule has 1 atom stereocenters. The molecule has 41 nitrogen and oxygen atoms in total. The molecular formula is C83H102ClN23O18S. The van der Waals surface area contributed by atoms with Gasteiger partial charge in [0.25, 0.3) is 35.4 Å². The molecule has 0 spiro atoms. The maximum atomic E-state index is 13.6. The first-order valence-electron chi connectivity index (χ1n) is 40.3. The Kier molecular flexibility index (Phi) is 34.2. The lowest BCUT2D eigenvalue weighted by atomic mass is 9.99. The predicted molar refractivity (Wildman–Crippen MR) is 465 cm³/mol.